The first-order valence-electron chi connectivity index (χ1n) is 12.7. The maximum atomic E-state index is 13.2. The number of aryl methyl sites for hydroxylation is 1. The molecular weight excluding hydrogens is 533 g/mol. The number of aromatic nitrogens is 2. The fourth-order valence-corrected chi connectivity index (χ4v) is 5.09. The van der Waals surface area contributed by atoms with Crippen LogP contribution in [0.5, 0.6) is 0 Å². The highest BCUT2D eigenvalue weighted by Crippen LogP contribution is 2.21. The minimum Gasteiger partial charge on any atom is -0.445 e. The molecule has 206 valence electrons. The number of nitrogens with zero attached hydrogens (tertiary/aromatic N) is 4. The Kier molecular flexibility index (Phi) is 8.72. The molecule has 10 nitrogen and oxygen atoms in total. The lowest BCUT2D eigenvalue weighted by Gasteiger charge is -2.32. The molecule has 0 spiro atoms. The van der Waals surface area contributed by atoms with E-state index in [4.69, 9.17) is 32.7 Å². The lowest BCUT2D eigenvalue weighted by atomic mass is 10.0. The molecule has 2 aliphatic heterocycles. The van der Waals surface area contributed by atoms with Crippen molar-refractivity contribution in [3.8, 4) is 0 Å². The van der Waals surface area contributed by atoms with Gasteiger partial charge in [0.2, 0.25) is 0 Å². The Hall–Kier alpha value is -2.98. The highest BCUT2D eigenvalue weighted by atomic mass is 35.5. The fraction of sp³-hybridized carbons (Fsp3) is 0.538. The smallest absolute Gasteiger partial charge is 0.410 e. The molecular formula is C26H33Cl2N5O5. The fourth-order valence-electron chi connectivity index (χ4n) is 4.52. The Morgan fingerprint density at radius 2 is 1.68 bits per heavy atom. The molecule has 0 bridgehead atoms. The van der Waals surface area contributed by atoms with E-state index in [0.29, 0.717) is 66.7 Å². The quantitative estimate of drug-likeness (QED) is 0.567. The molecule has 1 aromatic heterocycles. The van der Waals surface area contributed by atoms with Gasteiger partial charge in [-0.1, -0.05) is 23.2 Å². The molecule has 0 unspecified atom stereocenters. The third kappa shape index (κ3) is 7.54. The Morgan fingerprint density at radius 3 is 2.34 bits per heavy atom. The molecule has 4 rings (SSSR count). The molecule has 1 saturated heterocycles. The number of fused-ring (bicyclic) bond motifs is 1. The lowest BCUT2D eigenvalue weighted by molar-refractivity contribution is 0.0473. The number of carbonyl (C=O) groups excluding carboxylic acids is 3. The molecule has 1 N–H and O–H groups in total. The molecule has 1 fully saturated rings. The largest absolute Gasteiger partial charge is 0.445 e. The first kappa shape index (κ1) is 28.0. The molecule has 0 atom stereocenters. The molecule has 2 aliphatic rings. The van der Waals surface area contributed by atoms with Gasteiger partial charge in [0, 0.05) is 42.3 Å². The van der Waals surface area contributed by atoms with Gasteiger partial charge in [-0.05, 0) is 69.9 Å². The summed E-state index contributed by atoms with van der Waals surface area (Å²) in [4.78, 5) is 41.3. The first-order valence-corrected chi connectivity index (χ1v) is 13.4. The number of rotatable bonds is 4. The summed E-state index contributed by atoms with van der Waals surface area (Å²) in [6.45, 7) is 7.92. The van der Waals surface area contributed by atoms with Crippen molar-refractivity contribution in [3.63, 3.8) is 0 Å². The van der Waals surface area contributed by atoms with Crippen molar-refractivity contribution in [1.29, 1.82) is 0 Å². The summed E-state index contributed by atoms with van der Waals surface area (Å²) in [5.74, 6) is -0.159. The number of halogens is 2. The zero-order valence-corrected chi connectivity index (χ0v) is 23.3. The van der Waals surface area contributed by atoms with Crippen LogP contribution < -0.4 is 5.32 Å². The zero-order valence-electron chi connectivity index (χ0n) is 21.8. The third-order valence-corrected chi connectivity index (χ3v) is 6.72. The summed E-state index contributed by atoms with van der Waals surface area (Å²) in [6, 6.07) is 6.72. The average molecular weight is 566 g/mol. The molecule has 1 aromatic carbocycles. The summed E-state index contributed by atoms with van der Waals surface area (Å²) in [7, 11) is 0. The third-order valence-electron chi connectivity index (χ3n) is 6.28. The van der Waals surface area contributed by atoms with Gasteiger partial charge in [0.1, 0.15) is 12.2 Å². The molecule has 0 radical (unpaired) electrons. The topological polar surface area (TPSA) is 106 Å². The van der Waals surface area contributed by atoms with Gasteiger partial charge in [0.25, 0.3) is 5.91 Å². The Bertz CT molecular complexity index is 1170. The Labute approximate surface area is 232 Å². The number of piperidine rings is 1. The number of hydrogen-bond acceptors (Lipinski definition) is 6. The maximum absolute atomic E-state index is 13.2. The number of amides is 3. The van der Waals surface area contributed by atoms with Crippen LogP contribution in [-0.2, 0) is 29.2 Å². The molecule has 0 saturated carbocycles. The van der Waals surface area contributed by atoms with E-state index in [9.17, 15) is 14.4 Å². The number of likely N-dealkylation sites (tertiary alicyclic amines) is 1. The highest BCUT2D eigenvalue weighted by Gasteiger charge is 2.29. The van der Waals surface area contributed by atoms with Crippen molar-refractivity contribution in [2.75, 3.05) is 19.6 Å². The van der Waals surface area contributed by atoms with E-state index in [1.807, 2.05) is 20.8 Å². The van der Waals surface area contributed by atoms with E-state index in [1.165, 1.54) is 0 Å². The van der Waals surface area contributed by atoms with Crippen LogP contribution in [0, 0.1) is 0 Å². The van der Waals surface area contributed by atoms with Gasteiger partial charge in [0.05, 0.1) is 12.2 Å². The van der Waals surface area contributed by atoms with Gasteiger partial charge >= 0.3 is 12.2 Å². The maximum Gasteiger partial charge on any atom is 0.410 e. The van der Waals surface area contributed by atoms with Crippen molar-refractivity contribution in [2.45, 2.75) is 71.4 Å². The van der Waals surface area contributed by atoms with Gasteiger partial charge in [-0.15, -0.1) is 0 Å². The van der Waals surface area contributed by atoms with Crippen LogP contribution in [0.4, 0.5) is 9.59 Å². The average Bonchev–Trinajstić information content (AvgIpc) is 3.12. The second-order valence-corrected chi connectivity index (χ2v) is 11.4. The second kappa shape index (κ2) is 11.8. The molecule has 2 aromatic rings. The number of hydrogen-bond donors (Lipinski definition) is 1. The van der Waals surface area contributed by atoms with E-state index in [2.05, 4.69) is 10.4 Å². The predicted molar refractivity (Wildman–Crippen MR) is 142 cm³/mol. The van der Waals surface area contributed by atoms with Crippen molar-refractivity contribution >= 4 is 41.3 Å². The summed E-state index contributed by atoms with van der Waals surface area (Å²) in [6.07, 6.45) is 1.05. The van der Waals surface area contributed by atoms with Crippen LogP contribution in [0.2, 0.25) is 10.0 Å². The molecule has 38 heavy (non-hydrogen) atoms. The zero-order chi connectivity index (χ0) is 27.4. The van der Waals surface area contributed by atoms with Crippen LogP contribution in [0.1, 0.15) is 61.8 Å². The van der Waals surface area contributed by atoms with Gasteiger partial charge in [-0.3, -0.25) is 9.48 Å². The van der Waals surface area contributed by atoms with Crippen LogP contribution >= 0.6 is 23.2 Å². The van der Waals surface area contributed by atoms with Crippen LogP contribution in [0.15, 0.2) is 24.3 Å². The lowest BCUT2D eigenvalue weighted by Crippen LogP contribution is -2.47. The van der Waals surface area contributed by atoms with Gasteiger partial charge in [-0.2, -0.15) is 5.10 Å². The minimum absolute atomic E-state index is 0.0462. The van der Waals surface area contributed by atoms with Gasteiger partial charge < -0.3 is 24.6 Å². The summed E-state index contributed by atoms with van der Waals surface area (Å²) in [5, 5.41) is 8.36. The summed E-state index contributed by atoms with van der Waals surface area (Å²) < 4.78 is 12.6. The molecule has 3 heterocycles. The van der Waals surface area contributed by atoms with Crippen molar-refractivity contribution in [1.82, 2.24) is 24.9 Å². The number of nitrogens with one attached hydrogen (secondary N) is 1. The normalized spacial score (nSPS) is 16.4. The SMILES string of the molecule is CC(C)(C)OC(=O)NC1CCN(C(=O)c2cc3n(n2)CCCN(C(=O)OCc2cc(Cl)cc(Cl)c2)C3)CC1. The summed E-state index contributed by atoms with van der Waals surface area (Å²) in [5.41, 5.74) is 1.27. The van der Waals surface area contributed by atoms with Crippen LogP contribution in [0.3, 0.4) is 0 Å². The van der Waals surface area contributed by atoms with E-state index in [1.54, 1.807) is 38.7 Å². The van der Waals surface area contributed by atoms with E-state index < -0.39 is 17.8 Å². The van der Waals surface area contributed by atoms with E-state index in [0.717, 1.165) is 5.69 Å². The van der Waals surface area contributed by atoms with Gasteiger partial charge in [-0.25, -0.2) is 9.59 Å². The van der Waals surface area contributed by atoms with Crippen molar-refractivity contribution in [2.24, 2.45) is 0 Å². The predicted octanol–water partition coefficient (Wildman–Crippen LogP) is 4.86. The first-order chi connectivity index (χ1) is 18.0. The number of benzene rings is 1. The highest BCUT2D eigenvalue weighted by molar-refractivity contribution is 6.34. The second-order valence-electron chi connectivity index (χ2n) is 10.6. The number of ether oxygens (including phenoxy) is 2. The number of alkyl carbamates (subject to hydrolysis) is 1. The van der Waals surface area contributed by atoms with Crippen molar-refractivity contribution < 1.29 is 23.9 Å². The molecule has 12 heteroatoms. The summed E-state index contributed by atoms with van der Waals surface area (Å²) >= 11 is 12.1. The minimum atomic E-state index is -0.559. The Balaban J connectivity index is 1.31. The Morgan fingerprint density at radius 1 is 1.00 bits per heavy atom. The standard InChI is InChI=1S/C26H33Cl2N5O5/c1-26(2,3)38-24(35)29-20-5-9-31(10-6-20)23(34)22-14-21-15-32(7-4-8-33(21)30-22)25(36)37-16-17-11-18(27)13-19(28)12-17/h11-14,20H,4-10,15-16H2,1-3H3,(H,29,35). The molecule has 0 aliphatic carbocycles. The monoisotopic (exact) mass is 565 g/mol. The van der Waals surface area contributed by atoms with E-state index >= 15 is 0 Å². The van der Waals surface area contributed by atoms with Gasteiger partial charge in [0.15, 0.2) is 5.69 Å². The van der Waals surface area contributed by atoms with Crippen LogP contribution in [-0.4, -0.2) is 69.0 Å². The molecule has 3 amide bonds. The van der Waals surface area contributed by atoms with Crippen LogP contribution in [0.25, 0.3) is 0 Å². The van der Waals surface area contributed by atoms with E-state index in [-0.39, 0.29) is 25.1 Å². The number of carbonyl (C=O) groups is 3. The van der Waals surface area contributed by atoms with Crippen molar-refractivity contribution in [3.05, 3.63) is 51.3 Å².